The van der Waals surface area contributed by atoms with Crippen LogP contribution in [0.1, 0.15) is 37.0 Å². The van der Waals surface area contributed by atoms with Gasteiger partial charge in [0.15, 0.2) is 5.82 Å². The summed E-state index contributed by atoms with van der Waals surface area (Å²) in [5, 5.41) is 2.57. The van der Waals surface area contributed by atoms with Gasteiger partial charge in [-0.2, -0.15) is 0 Å². The lowest BCUT2D eigenvalue weighted by molar-refractivity contribution is 0.0926. The average Bonchev–Trinajstić information content (AvgIpc) is 2.31. The van der Waals surface area contributed by atoms with E-state index < -0.39 is 23.1 Å². The van der Waals surface area contributed by atoms with Crippen molar-refractivity contribution in [2.45, 2.75) is 32.7 Å². The van der Waals surface area contributed by atoms with Crippen LogP contribution < -0.4 is 11.1 Å². The van der Waals surface area contributed by atoms with Crippen molar-refractivity contribution in [3.63, 3.8) is 0 Å². The van der Waals surface area contributed by atoms with Gasteiger partial charge < -0.3 is 11.1 Å². The summed E-state index contributed by atoms with van der Waals surface area (Å²) >= 11 is 0. The molecule has 1 amide bonds. The molecule has 0 unspecified atom stereocenters. The second kappa shape index (κ2) is 5.61. The summed E-state index contributed by atoms with van der Waals surface area (Å²) in [4.78, 5) is 11.7. The number of hydrogen-bond acceptors (Lipinski definition) is 2. The molecule has 0 aliphatic carbocycles. The molecule has 1 aromatic carbocycles. The Bertz CT molecular complexity index is 417. The number of benzene rings is 1. The standard InChI is InChI=1S/C12H16F2N2O/c1-3-7(4-2)16-12(17)10-8(13)5-6-9(15)11(10)14/h5-7H,3-4,15H2,1-2H3,(H,16,17). The molecule has 0 spiro atoms. The monoisotopic (exact) mass is 242 g/mol. The number of hydrogen-bond donors (Lipinski definition) is 2. The molecule has 0 fully saturated rings. The molecular formula is C12H16F2N2O. The Morgan fingerprint density at radius 2 is 1.94 bits per heavy atom. The highest BCUT2D eigenvalue weighted by Crippen LogP contribution is 2.18. The first kappa shape index (κ1) is 13.4. The van der Waals surface area contributed by atoms with E-state index in [-0.39, 0.29) is 11.7 Å². The van der Waals surface area contributed by atoms with Crippen molar-refractivity contribution < 1.29 is 13.6 Å². The minimum absolute atomic E-state index is 0.0947. The molecule has 1 rings (SSSR count). The van der Waals surface area contributed by atoms with Crippen LogP contribution in [-0.2, 0) is 0 Å². The van der Waals surface area contributed by atoms with Crippen LogP contribution in [0.25, 0.3) is 0 Å². The van der Waals surface area contributed by atoms with E-state index in [1.807, 2.05) is 13.8 Å². The highest BCUT2D eigenvalue weighted by Gasteiger charge is 2.20. The zero-order valence-corrected chi connectivity index (χ0v) is 9.89. The van der Waals surface area contributed by atoms with E-state index in [0.717, 1.165) is 12.1 Å². The molecule has 17 heavy (non-hydrogen) atoms. The van der Waals surface area contributed by atoms with Crippen LogP contribution in [0.4, 0.5) is 14.5 Å². The fraction of sp³-hybridized carbons (Fsp3) is 0.417. The van der Waals surface area contributed by atoms with Gasteiger partial charge in [-0.1, -0.05) is 13.8 Å². The van der Waals surface area contributed by atoms with E-state index in [1.54, 1.807) is 0 Å². The maximum Gasteiger partial charge on any atom is 0.257 e. The van der Waals surface area contributed by atoms with Gasteiger partial charge >= 0.3 is 0 Å². The molecule has 94 valence electrons. The number of carbonyl (C=O) groups excluding carboxylic acids is 1. The molecule has 0 aromatic heterocycles. The Balaban J connectivity index is 3.00. The van der Waals surface area contributed by atoms with Gasteiger partial charge in [0.1, 0.15) is 11.4 Å². The van der Waals surface area contributed by atoms with Crippen LogP contribution in [0.2, 0.25) is 0 Å². The van der Waals surface area contributed by atoms with Crippen molar-refractivity contribution in [1.29, 1.82) is 0 Å². The third kappa shape index (κ3) is 2.93. The van der Waals surface area contributed by atoms with E-state index in [0.29, 0.717) is 12.8 Å². The fourth-order valence-corrected chi connectivity index (χ4v) is 1.53. The van der Waals surface area contributed by atoms with Gasteiger partial charge in [0.2, 0.25) is 0 Å². The maximum atomic E-state index is 13.5. The highest BCUT2D eigenvalue weighted by molar-refractivity contribution is 5.95. The molecule has 1 aromatic rings. The molecule has 3 N–H and O–H groups in total. The van der Waals surface area contributed by atoms with Gasteiger partial charge in [-0.3, -0.25) is 4.79 Å². The lowest BCUT2D eigenvalue weighted by Crippen LogP contribution is -2.35. The number of halogens is 2. The van der Waals surface area contributed by atoms with Crippen LogP contribution in [0.15, 0.2) is 12.1 Å². The molecule has 5 heteroatoms. The molecular weight excluding hydrogens is 226 g/mol. The van der Waals surface area contributed by atoms with Crippen molar-refractivity contribution in [3.05, 3.63) is 29.3 Å². The Hall–Kier alpha value is -1.65. The quantitative estimate of drug-likeness (QED) is 0.797. The first-order valence-corrected chi connectivity index (χ1v) is 5.55. The first-order chi connectivity index (χ1) is 8.01. The van der Waals surface area contributed by atoms with Gasteiger partial charge in [-0.15, -0.1) is 0 Å². The molecule has 0 atom stereocenters. The summed E-state index contributed by atoms with van der Waals surface area (Å²) in [6, 6.07) is 1.99. The minimum atomic E-state index is -1.01. The van der Waals surface area contributed by atoms with Crippen molar-refractivity contribution >= 4 is 11.6 Å². The van der Waals surface area contributed by atoms with Crippen LogP contribution in [-0.4, -0.2) is 11.9 Å². The van der Waals surface area contributed by atoms with Gasteiger partial charge in [0.05, 0.1) is 5.69 Å². The summed E-state index contributed by atoms with van der Waals surface area (Å²) in [7, 11) is 0. The lowest BCUT2D eigenvalue weighted by atomic mass is 10.1. The Kier molecular flexibility index (Phi) is 4.43. The van der Waals surface area contributed by atoms with Gasteiger partial charge in [0.25, 0.3) is 5.91 Å². The predicted molar refractivity (Wildman–Crippen MR) is 62.6 cm³/mol. The van der Waals surface area contributed by atoms with Crippen molar-refractivity contribution in [1.82, 2.24) is 5.32 Å². The zero-order valence-electron chi connectivity index (χ0n) is 9.89. The topological polar surface area (TPSA) is 55.1 Å². The number of anilines is 1. The van der Waals surface area contributed by atoms with Gasteiger partial charge in [0, 0.05) is 6.04 Å². The normalized spacial score (nSPS) is 10.6. The van der Waals surface area contributed by atoms with E-state index in [1.165, 1.54) is 0 Å². The van der Waals surface area contributed by atoms with Crippen LogP contribution in [0, 0.1) is 11.6 Å². The fourth-order valence-electron chi connectivity index (χ4n) is 1.53. The molecule has 0 heterocycles. The number of carbonyl (C=O) groups is 1. The summed E-state index contributed by atoms with van der Waals surface area (Å²) in [6.07, 6.45) is 1.40. The number of nitrogens with two attached hydrogens (primary N) is 1. The van der Waals surface area contributed by atoms with E-state index in [4.69, 9.17) is 5.73 Å². The molecule has 0 radical (unpaired) electrons. The third-order valence-corrected chi connectivity index (χ3v) is 2.67. The number of rotatable bonds is 4. The second-order valence-corrected chi connectivity index (χ2v) is 3.81. The van der Waals surface area contributed by atoms with Crippen molar-refractivity contribution in [2.75, 3.05) is 5.73 Å². The highest BCUT2D eigenvalue weighted by atomic mass is 19.1. The average molecular weight is 242 g/mol. The largest absolute Gasteiger partial charge is 0.396 e. The van der Waals surface area contributed by atoms with Gasteiger partial charge in [-0.05, 0) is 25.0 Å². The van der Waals surface area contributed by atoms with Crippen LogP contribution in [0.5, 0.6) is 0 Å². The smallest absolute Gasteiger partial charge is 0.257 e. The number of amides is 1. The van der Waals surface area contributed by atoms with Crippen molar-refractivity contribution in [3.8, 4) is 0 Å². The number of nitrogens with one attached hydrogen (secondary N) is 1. The van der Waals surface area contributed by atoms with E-state index in [9.17, 15) is 13.6 Å². The summed E-state index contributed by atoms with van der Waals surface area (Å²) in [6.45, 7) is 3.78. The maximum absolute atomic E-state index is 13.5. The van der Waals surface area contributed by atoms with Crippen molar-refractivity contribution in [2.24, 2.45) is 0 Å². The Morgan fingerprint density at radius 1 is 1.35 bits per heavy atom. The molecule has 0 aliphatic rings. The van der Waals surface area contributed by atoms with E-state index in [2.05, 4.69) is 5.32 Å². The summed E-state index contributed by atoms with van der Waals surface area (Å²) in [5.41, 5.74) is 4.45. The second-order valence-electron chi connectivity index (χ2n) is 3.81. The SMILES string of the molecule is CCC(CC)NC(=O)c1c(F)ccc(N)c1F. The third-order valence-electron chi connectivity index (χ3n) is 2.67. The summed E-state index contributed by atoms with van der Waals surface area (Å²) in [5.74, 6) is -2.67. The summed E-state index contributed by atoms with van der Waals surface area (Å²) < 4.78 is 26.9. The molecule has 3 nitrogen and oxygen atoms in total. The number of nitrogen functional groups attached to an aromatic ring is 1. The van der Waals surface area contributed by atoms with Crippen LogP contribution in [0.3, 0.4) is 0 Å². The Morgan fingerprint density at radius 3 is 2.47 bits per heavy atom. The molecule has 0 bridgehead atoms. The molecule has 0 saturated carbocycles. The van der Waals surface area contributed by atoms with Crippen LogP contribution >= 0.6 is 0 Å². The first-order valence-electron chi connectivity index (χ1n) is 5.55. The molecule has 0 aliphatic heterocycles. The minimum Gasteiger partial charge on any atom is -0.396 e. The molecule has 0 saturated heterocycles. The zero-order chi connectivity index (χ0) is 13.0. The van der Waals surface area contributed by atoms with Gasteiger partial charge in [-0.25, -0.2) is 8.78 Å². The lowest BCUT2D eigenvalue weighted by Gasteiger charge is -2.15. The van der Waals surface area contributed by atoms with E-state index >= 15 is 0 Å². The predicted octanol–water partition coefficient (Wildman–Crippen LogP) is 2.47. The Labute approximate surface area is 99.0 Å².